The van der Waals surface area contributed by atoms with Crippen LogP contribution in [-0.2, 0) is 109 Å². The minimum Gasteiger partial charge on any atom is -0.394 e. The number of methoxy groups -OCH3 is 2. The summed E-state index contributed by atoms with van der Waals surface area (Å²) < 4.78 is 159. The van der Waals surface area contributed by atoms with Crippen molar-refractivity contribution in [3.8, 4) is 0 Å². The van der Waals surface area contributed by atoms with E-state index in [-0.39, 0.29) is 96.5 Å². The van der Waals surface area contributed by atoms with Crippen LogP contribution in [0.2, 0.25) is 0 Å². The van der Waals surface area contributed by atoms with Crippen molar-refractivity contribution in [2.45, 2.75) is 138 Å². The molecule has 6 aromatic rings. The Labute approximate surface area is 662 Å². The largest absolute Gasteiger partial charge is 0.394 e. The summed E-state index contributed by atoms with van der Waals surface area (Å²) in [5, 5.41) is 10.4. The van der Waals surface area contributed by atoms with Crippen molar-refractivity contribution in [1.82, 2.24) is 57.7 Å². The van der Waals surface area contributed by atoms with E-state index in [0.29, 0.717) is 19.6 Å². The number of nitrogens with two attached hydrogens (primary N) is 4. The second-order valence-electron chi connectivity index (χ2n) is 26.0. The number of thiol groups is 3. The molecular weight excluding hydrogens is 1720 g/mol. The molecule has 0 spiro atoms. The average Bonchev–Trinajstić information content (AvgIpc) is 1.65. The molecule has 0 saturated carbocycles. The number of nitrogens with zero attached hydrogens (tertiary/aromatic N) is 9. The minimum atomic E-state index is -4.91. The smallest absolute Gasteiger partial charge is 0.386 e. The van der Waals surface area contributed by atoms with Crippen LogP contribution in [0.4, 0.5) is 17.6 Å². The zero-order valence-electron chi connectivity index (χ0n) is 60.0. The van der Waals surface area contributed by atoms with Gasteiger partial charge in [0.05, 0.1) is 89.1 Å². The molecule has 0 aliphatic carbocycles. The van der Waals surface area contributed by atoms with Crippen molar-refractivity contribution in [2.24, 2.45) is 17.6 Å². The van der Waals surface area contributed by atoms with E-state index in [1.54, 1.807) is 0 Å². The molecule has 5 fully saturated rings. The van der Waals surface area contributed by atoms with Gasteiger partial charge in [-0.25, -0.2) is 37.9 Å². The molecule has 620 valence electrons. The first-order valence-corrected chi connectivity index (χ1v) is 45.6. The molecule has 112 heavy (non-hydrogen) atoms. The molecule has 0 amide bonds. The number of imidazole rings is 1. The fourth-order valence-corrected chi connectivity index (χ4v) is 19.9. The van der Waals surface area contributed by atoms with E-state index in [0.717, 1.165) is 19.9 Å². The molecule has 11 rings (SSSR count). The summed E-state index contributed by atoms with van der Waals surface area (Å²) in [6.45, 7) is -15.8. The molecule has 5 saturated heterocycles. The highest BCUT2D eigenvalue weighted by Gasteiger charge is 2.54. The molecular formula is C58H83BrN16O29P4S4. The Hall–Kier alpha value is -5.06. The van der Waals surface area contributed by atoms with Gasteiger partial charge in [0, 0.05) is 64.0 Å². The molecule has 5 aliphatic heterocycles. The van der Waals surface area contributed by atoms with Crippen molar-refractivity contribution in [2.75, 3.05) is 104 Å². The maximum Gasteiger partial charge on any atom is 0.386 e. The second-order valence-corrected chi connectivity index (χ2v) is 38.5. The lowest BCUT2D eigenvalue weighted by atomic mass is 9.89. The summed E-state index contributed by atoms with van der Waals surface area (Å²) in [6, 6.07) is 2.72. The third kappa shape index (κ3) is 21.3. The van der Waals surface area contributed by atoms with E-state index < -0.39 is 191 Å². The molecule has 11 heterocycles. The van der Waals surface area contributed by atoms with Gasteiger partial charge < -0.3 is 84.2 Å². The number of halogens is 1. The third-order valence-corrected chi connectivity index (χ3v) is 26.1. The van der Waals surface area contributed by atoms with Crippen LogP contribution in [0.1, 0.15) is 69.8 Å². The molecule has 0 bridgehead atoms. The van der Waals surface area contributed by atoms with Crippen LogP contribution < -0.4 is 62.4 Å². The summed E-state index contributed by atoms with van der Waals surface area (Å²) >= 11 is 22.2. The van der Waals surface area contributed by atoms with E-state index in [2.05, 4.69) is 87.6 Å². The number of nitrogen functional groups attached to an aromatic ring is 3. The lowest BCUT2D eigenvalue weighted by Crippen LogP contribution is -2.40. The van der Waals surface area contributed by atoms with E-state index in [1.165, 1.54) is 67.3 Å². The van der Waals surface area contributed by atoms with Crippen molar-refractivity contribution >= 4 is 120 Å². The van der Waals surface area contributed by atoms with Gasteiger partial charge in [0.15, 0.2) is 23.6 Å². The van der Waals surface area contributed by atoms with Crippen LogP contribution in [0.3, 0.4) is 0 Å². The monoisotopic (exact) mass is 1800 g/mol. The topological polar surface area (TPSA) is 585 Å². The Kier molecular flexibility index (Phi) is 29.5. The molecule has 54 heteroatoms. The summed E-state index contributed by atoms with van der Waals surface area (Å²) in [4.78, 5) is 114. The number of hydrogen-bond acceptors (Lipinski definition) is 38. The van der Waals surface area contributed by atoms with Crippen LogP contribution in [0.25, 0.3) is 11.2 Å². The van der Waals surface area contributed by atoms with Crippen LogP contribution in [-0.4, -0.2) is 217 Å². The number of fused-ring (bicyclic) bond motifs is 1. The number of anilines is 3. The normalized spacial score (nSPS) is 28.9. The number of aryl methyl sites for hydroxylation is 1. The van der Waals surface area contributed by atoms with E-state index >= 15 is 4.57 Å². The van der Waals surface area contributed by atoms with Crippen molar-refractivity contribution < 1.29 is 102 Å². The summed E-state index contributed by atoms with van der Waals surface area (Å²) in [5.74, 6) is -0.713. The van der Waals surface area contributed by atoms with Crippen LogP contribution in [0.15, 0.2) is 81.3 Å². The number of aliphatic hydroxyl groups is 1. The average molecular weight is 1800 g/mol. The van der Waals surface area contributed by atoms with Gasteiger partial charge in [0.25, 0.3) is 16.7 Å². The Morgan fingerprint density at radius 2 is 1.10 bits per heavy atom. The quantitative estimate of drug-likeness (QED) is 0.0148. The van der Waals surface area contributed by atoms with Gasteiger partial charge >= 0.3 is 49.9 Å². The maximum absolute atomic E-state index is 15.0. The van der Waals surface area contributed by atoms with E-state index in [9.17, 15) is 47.8 Å². The fourth-order valence-electron chi connectivity index (χ4n) is 12.9. The van der Waals surface area contributed by atoms with Gasteiger partial charge in [-0.2, -0.15) is 15.0 Å². The third-order valence-electron chi connectivity index (χ3n) is 18.3. The zero-order chi connectivity index (χ0) is 80.9. The molecule has 6 aromatic heterocycles. The molecule has 21 atom stereocenters. The van der Waals surface area contributed by atoms with E-state index in [4.69, 9.17) is 118 Å². The molecule has 9 unspecified atom stereocenters. The Morgan fingerprint density at radius 1 is 0.589 bits per heavy atom. The number of aromatic nitrogens is 12. The lowest BCUT2D eigenvalue weighted by Gasteiger charge is -2.30. The summed E-state index contributed by atoms with van der Waals surface area (Å²) in [6.07, 6.45) is -15.4. The number of H-pyrrole nitrogens is 3. The highest BCUT2D eigenvalue weighted by molar-refractivity contribution is 9.10. The maximum atomic E-state index is 15.0. The van der Waals surface area contributed by atoms with Gasteiger partial charge in [-0.3, -0.25) is 79.3 Å². The number of rotatable bonds is 38. The molecule has 12 N–H and O–H groups in total. The molecule has 0 radical (unpaired) electrons. The number of ether oxygens (including phenoxy) is 9. The zero-order valence-corrected chi connectivity index (χ0v) is 68.6. The number of aliphatic hydroxyl groups excluding tert-OH is 1. The Bertz CT molecular complexity index is 4970. The van der Waals surface area contributed by atoms with Gasteiger partial charge in [-0.05, 0) is 65.0 Å². The molecule has 0 aromatic carbocycles. The first-order valence-electron chi connectivity index (χ1n) is 34.2. The van der Waals surface area contributed by atoms with E-state index in [1.807, 2.05) is 13.8 Å². The van der Waals surface area contributed by atoms with Crippen LogP contribution in [0.5, 0.6) is 0 Å². The first-order chi connectivity index (χ1) is 53.1. The van der Waals surface area contributed by atoms with Gasteiger partial charge in [0.1, 0.15) is 85.3 Å². The number of nitrogens with one attached hydrogen (secondary N) is 3. The van der Waals surface area contributed by atoms with Crippen molar-refractivity contribution in [1.29, 1.82) is 0 Å². The minimum absolute atomic E-state index is 0.0179. The summed E-state index contributed by atoms with van der Waals surface area (Å²) in [7, 11) is 2.37. The highest BCUT2D eigenvalue weighted by atomic mass is 79.9. The number of aromatic amines is 3. The SMILES string of the molecule is CO[C@H]1C(OP(=O)(S)OC[C@H]2O[C@@H](n3cnc4c(=O)[nH]c(N)nc43)CC2OP(=O)(S)OC[C@H]2O[C@@H](n3cc(C)c(=O)[nH]c3=O)CC2OP(=S)(OCCOCCOCCN)OC[C@H]2O[C@@H](n3ccc(N)nc3=O)CC2C(C)C)[C@@H](COP(=O)(S)OC2[C@@H](CO)O[C@@H](n3cc(Br)c(=O)[nH]c3=O)[C@H]2OC)O[C@H]1n1ccc(N)nc1=O. The lowest BCUT2D eigenvalue weighted by molar-refractivity contribution is -0.0626. The van der Waals surface area contributed by atoms with Gasteiger partial charge in [-0.1, -0.05) is 50.6 Å². The Morgan fingerprint density at radius 3 is 1.70 bits per heavy atom. The van der Waals surface area contributed by atoms with Crippen molar-refractivity contribution in [3.63, 3.8) is 0 Å². The highest BCUT2D eigenvalue weighted by Crippen LogP contribution is 2.62. The predicted octanol–water partition coefficient (Wildman–Crippen LogP) is 1.46. The van der Waals surface area contributed by atoms with Gasteiger partial charge in [-0.15, -0.1) is 0 Å². The predicted molar refractivity (Wildman–Crippen MR) is 408 cm³/mol. The summed E-state index contributed by atoms with van der Waals surface area (Å²) in [5.41, 5.74) is 17.4. The van der Waals surface area contributed by atoms with Crippen LogP contribution >= 0.6 is 79.8 Å². The standard InChI is InChI=1S/C58H83BrN16O29P4S4/c1-27(2)29-16-40(71-9-6-38(61)65-55(71)80)96-34(29)22-95-108(112,91-15-14-90-13-12-89-11-8-60)102-32-18-41(73-19-28(3)49(77)69-57(73)82)97-36(32)24-92-105(84,109)101-31-17-42(75-26-64-43-48(75)67-54(63)68-51(43)79)98-35(31)23-93-106(85,110)104-45-37(100-52(47(45)88-5)72-10-7-39(62)66-56(72)81)25-94-107(86,111)103-44-33(21-76)99-53(46(44)87-4)74-20-30(59)50(78)70-58(74)83/h6-7,9-10,19-20,26-27,29,31-37,40-42,44-47,52-53,76H,8,11-18,21-25,60H2,1-5H3,(H,84,109)(H,85,110)(H,86,111)(H2,61,65,80)(H2,62,66,81)(H,69,77,82)(H,70,78,83)(H3,63,67,68,79)/t29?,31?,32?,33-,34-,35-,36-,37-,40-,41-,42-,44?,45?,46+,47+,52-,53-,105?,106?,107?,108?/m1/s1. The molecule has 45 nitrogen and oxygen atoms in total. The first kappa shape index (κ1) is 87.8. The van der Waals surface area contributed by atoms with Crippen molar-refractivity contribution in [3.05, 3.63) is 126 Å². The fraction of sp³-hybridized carbons (Fsp3) is 0.638. The van der Waals surface area contributed by atoms with Crippen LogP contribution in [0, 0.1) is 18.8 Å². The number of hydrogen-bond donors (Lipinski definition) is 11. The second kappa shape index (κ2) is 37.7. The Balaban J connectivity index is 0.835. The van der Waals surface area contributed by atoms with Gasteiger partial charge in [0.2, 0.25) is 5.95 Å². The molecule has 5 aliphatic rings.